The van der Waals surface area contributed by atoms with Crippen molar-refractivity contribution in [1.82, 2.24) is 0 Å². The van der Waals surface area contributed by atoms with Crippen molar-refractivity contribution in [2.75, 3.05) is 6.26 Å². The minimum absolute atomic E-state index is 0.646. The summed E-state index contributed by atoms with van der Waals surface area (Å²) >= 11 is -0.646. The van der Waals surface area contributed by atoms with Crippen LogP contribution in [0.3, 0.4) is 0 Å². The standard InChI is InChI=1S/CH3FO2S2/c1-6(3,4)5-2/h1H3. The van der Waals surface area contributed by atoms with Crippen molar-refractivity contribution in [2.45, 2.75) is 0 Å². The van der Waals surface area contributed by atoms with E-state index in [9.17, 15) is 12.3 Å². The summed E-state index contributed by atoms with van der Waals surface area (Å²) in [5.74, 6) is 0. The molecule has 0 aliphatic carbocycles. The normalized spacial score (nSPS) is 11.7. The summed E-state index contributed by atoms with van der Waals surface area (Å²) in [4.78, 5) is 0. The molecule has 0 bridgehead atoms. The van der Waals surface area contributed by atoms with E-state index < -0.39 is 20.0 Å². The molecule has 6 heavy (non-hydrogen) atoms. The van der Waals surface area contributed by atoms with Crippen molar-refractivity contribution < 1.29 is 12.3 Å². The van der Waals surface area contributed by atoms with E-state index in [1.807, 2.05) is 0 Å². The molecule has 0 atom stereocenters. The highest BCUT2D eigenvalue weighted by Gasteiger charge is 1.97. The summed E-state index contributed by atoms with van der Waals surface area (Å²) in [6, 6.07) is 0. The second-order valence-electron chi connectivity index (χ2n) is 0.767. The molecular formula is CH3FO2S2. The fraction of sp³-hybridized carbons (Fsp3) is 1.00. The molecule has 0 aromatic carbocycles. The van der Waals surface area contributed by atoms with Crippen LogP contribution in [0.15, 0.2) is 0 Å². The van der Waals surface area contributed by atoms with Crippen LogP contribution in [0.4, 0.5) is 3.89 Å². The summed E-state index contributed by atoms with van der Waals surface area (Å²) in [7, 11) is -3.41. The molecule has 0 aromatic heterocycles. The molecule has 0 fully saturated rings. The third kappa shape index (κ3) is 4.23. The van der Waals surface area contributed by atoms with Crippen molar-refractivity contribution in [1.29, 1.82) is 0 Å². The molecule has 0 unspecified atom stereocenters. The number of rotatable bonds is 1. The average Bonchev–Trinajstić information content (AvgIpc) is 1.35. The highest BCUT2D eigenvalue weighted by atomic mass is 33.2. The first-order chi connectivity index (χ1) is 2.56. The van der Waals surface area contributed by atoms with Crippen molar-refractivity contribution in [3.05, 3.63) is 0 Å². The Kier molecular flexibility index (Phi) is 1.86. The Morgan fingerprint density at radius 3 is 1.83 bits per heavy atom. The topological polar surface area (TPSA) is 34.1 Å². The molecule has 0 saturated carbocycles. The monoisotopic (exact) mass is 130 g/mol. The predicted octanol–water partition coefficient (Wildman–Crippen LogP) is 0.564. The molecule has 0 aromatic rings. The molecule has 38 valence electrons. The number of hydrogen-bond donors (Lipinski definition) is 0. The van der Waals surface area contributed by atoms with Crippen LogP contribution >= 0.6 is 11.2 Å². The van der Waals surface area contributed by atoms with Crippen molar-refractivity contribution in [3.8, 4) is 0 Å². The van der Waals surface area contributed by atoms with E-state index in [-0.39, 0.29) is 0 Å². The molecule has 2 nitrogen and oxygen atoms in total. The van der Waals surface area contributed by atoms with Gasteiger partial charge < -0.3 is 0 Å². The van der Waals surface area contributed by atoms with Crippen LogP contribution in [-0.4, -0.2) is 14.7 Å². The Morgan fingerprint density at radius 2 is 1.83 bits per heavy atom. The lowest BCUT2D eigenvalue weighted by Gasteiger charge is -1.75. The SMILES string of the molecule is CS(=O)(=O)SF. The van der Waals surface area contributed by atoms with E-state index in [1.165, 1.54) is 0 Å². The second-order valence-corrected chi connectivity index (χ2v) is 4.50. The van der Waals surface area contributed by atoms with Crippen LogP contribution in [0.1, 0.15) is 0 Å². The molecular weight excluding hydrogens is 127 g/mol. The van der Waals surface area contributed by atoms with E-state index in [0.29, 0.717) is 0 Å². The lowest BCUT2D eigenvalue weighted by Crippen LogP contribution is -1.80. The summed E-state index contributed by atoms with van der Waals surface area (Å²) in [5, 5.41) is 0. The van der Waals surface area contributed by atoms with Gasteiger partial charge in [-0.25, -0.2) is 8.42 Å². The van der Waals surface area contributed by atoms with Gasteiger partial charge in [-0.15, -0.1) is 3.89 Å². The molecule has 0 aliphatic rings. The number of halogens is 1. The Morgan fingerprint density at radius 1 is 1.67 bits per heavy atom. The summed E-state index contributed by atoms with van der Waals surface area (Å²) in [6.45, 7) is 0. The maximum absolute atomic E-state index is 10.8. The summed E-state index contributed by atoms with van der Waals surface area (Å²) < 4.78 is 30.0. The first-order valence-corrected chi connectivity index (χ1v) is 4.19. The number of hydrogen-bond acceptors (Lipinski definition) is 3. The van der Waals surface area contributed by atoms with Gasteiger partial charge in [0.25, 0.3) is 0 Å². The van der Waals surface area contributed by atoms with Gasteiger partial charge in [0.1, 0.15) is 0 Å². The molecule has 0 saturated heterocycles. The smallest absolute Gasteiger partial charge is 0.215 e. The minimum atomic E-state index is -3.41. The van der Waals surface area contributed by atoms with Gasteiger partial charge in [0, 0.05) is 0 Å². The average molecular weight is 130 g/mol. The van der Waals surface area contributed by atoms with Crippen LogP contribution in [-0.2, 0) is 8.87 Å². The quantitative estimate of drug-likeness (QED) is 0.486. The van der Waals surface area contributed by atoms with Gasteiger partial charge in [-0.1, -0.05) is 0 Å². The van der Waals surface area contributed by atoms with Gasteiger partial charge >= 0.3 is 0 Å². The molecule has 0 amide bonds. The van der Waals surface area contributed by atoms with Crippen LogP contribution in [0.2, 0.25) is 0 Å². The Bertz CT molecular complexity index is 114. The maximum atomic E-state index is 10.8. The molecule has 5 heteroatoms. The van der Waals surface area contributed by atoms with Gasteiger partial charge in [-0.2, -0.15) is 0 Å². The van der Waals surface area contributed by atoms with Crippen LogP contribution in [0.25, 0.3) is 0 Å². The van der Waals surface area contributed by atoms with Crippen molar-refractivity contribution in [2.24, 2.45) is 0 Å². The van der Waals surface area contributed by atoms with Gasteiger partial charge in [-0.3, -0.25) is 0 Å². The Labute approximate surface area is 39.3 Å². The molecule has 0 spiro atoms. The predicted molar refractivity (Wildman–Crippen MR) is 23.5 cm³/mol. The van der Waals surface area contributed by atoms with Gasteiger partial charge in [0.05, 0.1) is 6.26 Å². The lowest BCUT2D eigenvalue weighted by atomic mass is 12.0. The lowest BCUT2D eigenvalue weighted by molar-refractivity contribution is 0.614. The first kappa shape index (κ1) is 6.23. The van der Waals surface area contributed by atoms with Crippen molar-refractivity contribution in [3.63, 3.8) is 0 Å². The zero-order valence-corrected chi connectivity index (χ0v) is 4.64. The van der Waals surface area contributed by atoms with Gasteiger partial charge in [0.2, 0.25) is 8.87 Å². The largest absolute Gasteiger partial charge is 0.228 e. The van der Waals surface area contributed by atoms with Crippen LogP contribution in [0.5, 0.6) is 0 Å². The Balaban J connectivity index is 3.85. The maximum Gasteiger partial charge on any atom is 0.228 e. The third-order valence-corrected chi connectivity index (χ3v) is 1.03. The third-order valence-electron chi connectivity index (χ3n) is 0.114. The van der Waals surface area contributed by atoms with Gasteiger partial charge in [0.15, 0.2) is 11.2 Å². The second kappa shape index (κ2) is 1.79. The van der Waals surface area contributed by atoms with E-state index in [2.05, 4.69) is 0 Å². The minimum Gasteiger partial charge on any atom is -0.215 e. The van der Waals surface area contributed by atoms with E-state index in [4.69, 9.17) is 0 Å². The molecule has 0 aliphatic heterocycles. The molecule has 0 rings (SSSR count). The zero-order valence-electron chi connectivity index (χ0n) is 3.01. The van der Waals surface area contributed by atoms with Crippen molar-refractivity contribution >= 4 is 20.0 Å². The van der Waals surface area contributed by atoms with Gasteiger partial charge in [-0.05, 0) is 0 Å². The Hall–Kier alpha value is 0.230. The molecule has 0 radical (unpaired) electrons. The van der Waals surface area contributed by atoms with E-state index in [0.717, 1.165) is 6.26 Å². The highest BCUT2D eigenvalue weighted by Crippen LogP contribution is 2.07. The highest BCUT2D eigenvalue weighted by molar-refractivity contribution is 8.69. The van der Waals surface area contributed by atoms with E-state index >= 15 is 0 Å². The molecule has 0 N–H and O–H groups in total. The summed E-state index contributed by atoms with van der Waals surface area (Å²) in [5.41, 5.74) is 0. The fourth-order valence-electron chi connectivity index (χ4n) is 0. The first-order valence-electron chi connectivity index (χ1n) is 1.06. The van der Waals surface area contributed by atoms with E-state index in [1.54, 1.807) is 0 Å². The molecule has 0 heterocycles. The zero-order chi connectivity index (χ0) is 5.21. The fourth-order valence-corrected chi connectivity index (χ4v) is 0. The van der Waals surface area contributed by atoms with Crippen LogP contribution < -0.4 is 0 Å². The summed E-state index contributed by atoms with van der Waals surface area (Å²) in [6.07, 6.45) is 0.803. The van der Waals surface area contributed by atoms with Crippen LogP contribution in [0, 0.1) is 0 Å².